The number of likely N-dealkylation sites (N-methyl/N-ethyl adjacent to an activating group) is 1. The van der Waals surface area contributed by atoms with Crippen LogP contribution in [0.2, 0.25) is 0 Å². The fourth-order valence-corrected chi connectivity index (χ4v) is 1.50. The molecule has 0 saturated carbocycles. The maximum atomic E-state index is 13.5. The largest absolute Gasteiger partial charge is 0.387 e. The number of nitrogens with one attached hydrogen (secondary N) is 1. The summed E-state index contributed by atoms with van der Waals surface area (Å²) < 4.78 is 13.5. The van der Waals surface area contributed by atoms with Crippen LogP contribution in [0.3, 0.4) is 0 Å². The first kappa shape index (κ1) is 11.1. The molecule has 14 heavy (non-hydrogen) atoms. The lowest BCUT2D eigenvalue weighted by molar-refractivity contribution is 0.176. The summed E-state index contributed by atoms with van der Waals surface area (Å²) in [6.07, 6.45) is -0.643. The van der Waals surface area contributed by atoms with E-state index in [9.17, 15) is 9.50 Å². The minimum absolute atomic E-state index is 0.224. The number of benzene rings is 1. The van der Waals surface area contributed by atoms with E-state index in [-0.39, 0.29) is 5.82 Å². The third-order valence-corrected chi connectivity index (χ3v) is 2.38. The summed E-state index contributed by atoms with van der Waals surface area (Å²) >= 11 is 0. The van der Waals surface area contributed by atoms with Gasteiger partial charge in [0.1, 0.15) is 5.82 Å². The van der Waals surface area contributed by atoms with Gasteiger partial charge in [-0.15, -0.1) is 0 Å². The van der Waals surface area contributed by atoms with Crippen molar-refractivity contribution in [3.8, 4) is 0 Å². The minimum Gasteiger partial charge on any atom is -0.387 e. The molecule has 2 N–H and O–H groups in total. The van der Waals surface area contributed by atoms with E-state index in [1.54, 1.807) is 33.0 Å². The molecule has 1 atom stereocenters. The SMILES string of the molecule is CNCC(O)c1ccc(C)c(F)c1C. The van der Waals surface area contributed by atoms with Crippen molar-refractivity contribution in [2.45, 2.75) is 20.0 Å². The van der Waals surface area contributed by atoms with Crippen LogP contribution in [0.1, 0.15) is 22.8 Å². The highest BCUT2D eigenvalue weighted by atomic mass is 19.1. The van der Waals surface area contributed by atoms with E-state index in [1.807, 2.05) is 0 Å². The first-order chi connectivity index (χ1) is 6.57. The van der Waals surface area contributed by atoms with Gasteiger partial charge in [0.25, 0.3) is 0 Å². The fraction of sp³-hybridized carbons (Fsp3) is 0.455. The van der Waals surface area contributed by atoms with Crippen LogP contribution in [-0.2, 0) is 0 Å². The van der Waals surface area contributed by atoms with Crippen molar-refractivity contribution in [2.24, 2.45) is 0 Å². The maximum absolute atomic E-state index is 13.5. The molecule has 78 valence electrons. The van der Waals surface area contributed by atoms with Gasteiger partial charge >= 0.3 is 0 Å². The van der Waals surface area contributed by atoms with Crippen molar-refractivity contribution in [1.82, 2.24) is 5.32 Å². The fourth-order valence-electron chi connectivity index (χ4n) is 1.50. The van der Waals surface area contributed by atoms with E-state index in [1.165, 1.54) is 0 Å². The second kappa shape index (κ2) is 4.53. The molecule has 0 saturated heterocycles. The molecule has 0 aliphatic heterocycles. The van der Waals surface area contributed by atoms with Crippen LogP contribution < -0.4 is 5.32 Å². The van der Waals surface area contributed by atoms with E-state index in [0.717, 1.165) is 0 Å². The van der Waals surface area contributed by atoms with Gasteiger partial charge in [-0.3, -0.25) is 0 Å². The number of aliphatic hydroxyl groups is 1. The third-order valence-electron chi connectivity index (χ3n) is 2.38. The normalized spacial score (nSPS) is 12.9. The van der Waals surface area contributed by atoms with Crippen LogP contribution in [-0.4, -0.2) is 18.7 Å². The van der Waals surface area contributed by atoms with Gasteiger partial charge in [0.15, 0.2) is 0 Å². The Morgan fingerprint density at radius 1 is 1.43 bits per heavy atom. The summed E-state index contributed by atoms with van der Waals surface area (Å²) in [5.74, 6) is -0.224. The zero-order valence-corrected chi connectivity index (χ0v) is 8.76. The quantitative estimate of drug-likeness (QED) is 0.773. The Morgan fingerprint density at radius 3 is 2.64 bits per heavy atom. The lowest BCUT2D eigenvalue weighted by Crippen LogP contribution is -2.17. The molecule has 0 spiro atoms. The Bertz CT molecular complexity index is 325. The number of rotatable bonds is 3. The summed E-state index contributed by atoms with van der Waals surface area (Å²) in [4.78, 5) is 0. The average molecular weight is 197 g/mol. The molecule has 1 rings (SSSR count). The van der Waals surface area contributed by atoms with Gasteiger partial charge in [0.05, 0.1) is 6.10 Å². The van der Waals surface area contributed by atoms with Crippen molar-refractivity contribution in [3.05, 3.63) is 34.6 Å². The maximum Gasteiger partial charge on any atom is 0.129 e. The van der Waals surface area contributed by atoms with Crippen molar-refractivity contribution >= 4 is 0 Å². The molecule has 0 radical (unpaired) electrons. The van der Waals surface area contributed by atoms with Crippen molar-refractivity contribution < 1.29 is 9.50 Å². The zero-order valence-electron chi connectivity index (χ0n) is 8.76. The van der Waals surface area contributed by atoms with Crippen LogP contribution in [0, 0.1) is 19.7 Å². The van der Waals surface area contributed by atoms with Gasteiger partial charge in [-0.25, -0.2) is 4.39 Å². The van der Waals surface area contributed by atoms with E-state index in [2.05, 4.69) is 5.32 Å². The predicted molar refractivity (Wildman–Crippen MR) is 54.8 cm³/mol. The highest BCUT2D eigenvalue weighted by Crippen LogP contribution is 2.21. The van der Waals surface area contributed by atoms with Crippen molar-refractivity contribution in [2.75, 3.05) is 13.6 Å². The highest BCUT2D eigenvalue weighted by Gasteiger charge is 2.13. The second-order valence-electron chi connectivity index (χ2n) is 3.48. The number of hydrogen-bond donors (Lipinski definition) is 2. The molecule has 0 heterocycles. The molecule has 0 aliphatic carbocycles. The van der Waals surface area contributed by atoms with Crippen LogP contribution in [0.4, 0.5) is 4.39 Å². The Kier molecular flexibility index (Phi) is 3.61. The lowest BCUT2D eigenvalue weighted by Gasteiger charge is -2.14. The zero-order chi connectivity index (χ0) is 10.7. The van der Waals surface area contributed by atoms with Crippen LogP contribution in [0.15, 0.2) is 12.1 Å². The van der Waals surface area contributed by atoms with Crippen LogP contribution in [0.5, 0.6) is 0 Å². The lowest BCUT2D eigenvalue weighted by atomic mass is 10.0. The second-order valence-corrected chi connectivity index (χ2v) is 3.48. The van der Waals surface area contributed by atoms with Crippen molar-refractivity contribution in [1.29, 1.82) is 0 Å². The molecule has 0 fully saturated rings. The molecular formula is C11H16FNO. The molecule has 0 bridgehead atoms. The van der Waals surface area contributed by atoms with Crippen molar-refractivity contribution in [3.63, 3.8) is 0 Å². The number of hydrogen-bond acceptors (Lipinski definition) is 2. The Labute approximate surface area is 83.8 Å². The van der Waals surface area contributed by atoms with Gasteiger partial charge in [-0.05, 0) is 37.6 Å². The average Bonchev–Trinajstić information content (AvgIpc) is 2.15. The molecule has 2 nitrogen and oxygen atoms in total. The van der Waals surface area contributed by atoms with Gasteiger partial charge in [-0.1, -0.05) is 12.1 Å². The summed E-state index contributed by atoms with van der Waals surface area (Å²) in [5.41, 5.74) is 1.80. The molecule has 3 heteroatoms. The van der Waals surface area contributed by atoms with E-state index in [0.29, 0.717) is 23.2 Å². The smallest absolute Gasteiger partial charge is 0.129 e. The summed E-state index contributed by atoms with van der Waals surface area (Å²) in [6.45, 7) is 3.84. The molecule has 0 amide bonds. The molecule has 0 aliphatic rings. The Morgan fingerprint density at radius 2 is 2.07 bits per heavy atom. The van der Waals surface area contributed by atoms with Crippen LogP contribution in [0.25, 0.3) is 0 Å². The first-order valence-electron chi connectivity index (χ1n) is 4.66. The molecular weight excluding hydrogens is 181 g/mol. The summed E-state index contributed by atoms with van der Waals surface area (Å²) in [5, 5.41) is 12.5. The summed E-state index contributed by atoms with van der Waals surface area (Å²) in [6, 6.07) is 3.46. The number of aryl methyl sites for hydroxylation is 1. The highest BCUT2D eigenvalue weighted by molar-refractivity contribution is 5.33. The minimum atomic E-state index is -0.643. The molecule has 1 aromatic rings. The van der Waals surface area contributed by atoms with E-state index >= 15 is 0 Å². The molecule has 0 aromatic heterocycles. The molecule has 1 unspecified atom stereocenters. The van der Waals surface area contributed by atoms with E-state index < -0.39 is 6.10 Å². The van der Waals surface area contributed by atoms with Gasteiger partial charge < -0.3 is 10.4 Å². The Hall–Kier alpha value is -0.930. The van der Waals surface area contributed by atoms with Gasteiger partial charge in [0.2, 0.25) is 0 Å². The van der Waals surface area contributed by atoms with E-state index in [4.69, 9.17) is 0 Å². The number of halogens is 1. The first-order valence-corrected chi connectivity index (χ1v) is 4.66. The standard InChI is InChI=1S/C11H16FNO/c1-7-4-5-9(8(2)11(7)12)10(14)6-13-3/h4-5,10,13-14H,6H2,1-3H3. The van der Waals surface area contributed by atoms with Crippen LogP contribution >= 0.6 is 0 Å². The Balaban J connectivity index is 3.04. The summed E-state index contributed by atoms with van der Waals surface area (Å²) in [7, 11) is 1.75. The molecule has 1 aromatic carbocycles. The van der Waals surface area contributed by atoms with Gasteiger partial charge in [-0.2, -0.15) is 0 Å². The predicted octanol–water partition coefficient (Wildman–Crippen LogP) is 1.70. The monoisotopic (exact) mass is 197 g/mol. The van der Waals surface area contributed by atoms with Gasteiger partial charge in [0, 0.05) is 6.54 Å². The third kappa shape index (κ3) is 2.11. The number of aliphatic hydroxyl groups excluding tert-OH is 1. The topological polar surface area (TPSA) is 32.3 Å².